The number of anilines is 1. The third-order valence-corrected chi connectivity index (χ3v) is 6.26. The summed E-state index contributed by atoms with van der Waals surface area (Å²) in [5, 5.41) is 1.74. The first-order chi connectivity index (χ1) is 14.3. The predicted octanol–water partition coefficient (Wildman–Crippen LogP) is 3.39. The molecule has 152 valence electrons. The van der Waals surface area contributed by atoms with Gasteiger partial charge in [0, 0.05) is 36.6 Å². The molecule has 0 atom stereocenters. The van der Waals surface area contributed by atoms with Gasteiger partial charge in [0.05, 0.1) is 16.1 Å². The lowest BCUT2D eigenvalue weighted by Crippen LogP contribution is -2.29. The molecule has 2 N–H and O–H groups in total. The fourth-order valence-electron chi connectivity index (χ4n) is 3.40. The van der Waals surface area contributed by atoms with E-state index in [1.165, 1.54) is 31.3 Å². The van der Waals surface area contributed by atoms with E-state index < -0.39 is 21.7 Å². The van der Waals surface area contributed by atoms with Crippen molar-refractivity contribution in [1.29, 1.82) is 0 Å². The average Bonchev–Trinajstić information content (AvgIpc) is 3.17. The number of ketones is 1. The zero-order chi connectivity index (χ0) is 21.5. The molecule has 0 saturated heterocycles. The Morgan fingerprint density at radius 1 is 0.933 bits per heavy atom. The molecule has 1 aromatic heterocycles. The van der Waals surface area contributed by atoms with Gasteiger partial charge < -0.3 is 9.88 Å². The van der Waals surface area contributed by atoms with Crippen molar-refractivity contribution in [3.05, 3.63) is 72.4 Å². The van der Waals surface area contributed by atoms with Crippen molar-refractivity contribution >= 4 is 49.1 Å². The van der Waals surface area contributed by atoms with Gasteiger partial charge in [0.15, 0.2) is 0 Å². The van der Waals surface area contributed by atoms with Crippen LogP contribution in [0.3, 0.4) is 0 Å². The molecule has 0 bridgehead atoms. The first-order valence-corrected chi connectivity index (χ1v) is 10.6. The normalized spacial score (nSPS) is 11.5. The van der Waals surface area contributed by atoms with Crippen LogP contribution in [0, 0.1) is 0 Å². The third-order valence-electron chi connectivity index (χ3n) is 4.83. The number of benzene rings is 3. The van der Waals surface area contributed by atoms with Crippen molar-refractivity contribution in [2.75, 3.05) is 18.8 Å². The summed E-state index contributed by atoms with van der Waals surface area (Å²) in [5.74, 6) is -1.41. The molecule has 0 unspecified atom stereocenters. The highest BCUT2D eigenvalue weighted by molar-refractivity contribution is 7.93. The van der Waals surface area contributed by atoms with Crippen molar-refractivity contribution in [2.24, 2.45) is 0 Å². The number of likely N-dealkylation sites (N-methyl/N-ethyl adjacent to an activating group) is 1. The van der Waals surface area contributed by atoms with Gasteiger partial charge in [-0.05, 0) is 23.6 Å². The summed E-state index contributed by atoms with van der Waals surface area (Å²) in [6, 6.07) is 17.2. The van der Waals surface area contributed by atoms with E-state index in [1.54, 1.807) is 36.4 Å². The van der Waals surface area contributed by atoms with Gasteiger partial charge in [-0.2, -0.15) is 0 Å². The van der Waals surface area contributed by atoms with Gasteiger partial charge >= 0.3 is 0 Å². The topological polar surface area (TPSA) is 99.3 Å². The Hall–Kier alpha value is -3.65. The molecule has 0 spiro atoms. The molecule has 1 heterocycles. The van der Waals surface area contributed by atoms with Crippen molar-refractivity contribution < 1.29 is 18.0 Å². The molecule has 8 heteroatoms. The molecule has 0 aliphatic rings. The lowest BCUT2D eigenvalue weighted by atomic mass is 10.1. The van der Waals surface area contributed by atoms with Gasteiger partial charge in [0.25, 0.3) is 21.7 Å². The SMILES string of the molecule is CN(C)C(=O)C(=O)c1c[nH]c2cccc(NS(=O)(=O)c3cccc4ccccc34)c12. The molecule has 0 fully saturated rings. The summed E-state index contributed by atoms with van der Waals surface area (Å²) in [6.45, 7) is 0. The Morgan fingerprint density at radius 3 is 2.40 bits per heavy atom. The average molecular weight is 421 g/mol. The van der Waals surface area contributed by atoms with Crippen molar-refractivity contribution in [3.8, 4) is 0 Å². The van der Waals surface area contributed by atoms with Crippen LogP contribution < -0.4 is 4.72 Å². The van der Waals surface area contributed by atoms with E-state index in [2.05, 4.69) is 9.71 Å². The van der Waals surface area contributed by atoms with E-state index in [0.717, 1.165) is 5.39 Å². The number of amides is 1. The monoisotopic (exact) mass is 421 g/mol. The molecule has 4 rings (SSSR count). The minimum atomic E-state index is -3.96. The van der Waals surface area contributed by atoms with Gasteiger partial charge in [-0.3, -0.25) is 14.3 Å². The van der Waals surface area contributed by atoms with E-state index in [-0.39, 0.29) is 16.1 Å². The van der Waals surface area contributed by atoms with E-state index in [1.807, 2.05) is 18.2 Å². The summed E-state index contributed by atoms with van der Waals surface area (Å²) in [6.07, 6.45) is 1.42. The summed E-state index contributed by atoms with van der Waals surface area (Å²) in [5.41, 5.74) is 0.875. The van der Waals surface area contributed by atoms with E-state index in [9.17, 15) is 18.0 Å². The second-order valence-electron chi connectivity index (χ2n) is 7.04. The number of fused-ring (bicyclic) bond motifs is 2. The molecular weight excluding hydrogens is 402 g/mol. The fourth-order valence-corrected chi connectivity index (χ4v) is 4.70. The highest BCUT2D eigenvalue weighted by Crippen LogP contribution is 2.31. The molecule has 0 radical (unpaired) electrons. The standard InChI is InChI=1S/C22H19N3O4S/c1-25(2)22(27)21(26)16-13-23-17-10-6-11-18(20(16)17)24-30(28,29)19-12-5-8-14-7-3-4-9-15(14)19/h3-13,23-24H,1-2H3. The number of hydrogen-bond donors (Lipinski definition) is 2. The Kier molecular flexibility index (Phi) is 4.79. The molecule has 0 aliphatic heterocycles. The summed E-state index contributed by atoms with van der Waals surface area (Å²) >= 11 is 0. The van der Waals surface area contributed by atoms with Crippen LogP contribution in [0.4, 0.5) is 5.69 Å². The number of rotatable bonds is 5. The van der Waals surface area contributed by atoms with E-state index >= 15 is 0 Å². The number of nitrogens with zero attached hydrogens (tertiary/aromatic N) is 1. The molecule has 0 aliphatic carbocycles. The van der Waals surface area contributed by atoms with Crippen LogP contribution in [-0.4, -0.2) is 44.1 Å². The van der Waals surface area contributed by atoms with E-state index in [4.69, 9.17) is 0 Å². The number of carbonyl (C=O) groups is 2. The van der Waals surface area contributed by atoms with Gasteiger partial charge in [-0.15, -0.1) is 0 Å². The Balaban J connectivity index is 1.83. The quantitative estimate of drug-likeness (QED) is 0.381. The van der Waals surface area contributed by atoms with Gasteiger partial charge in [0.1, 0.15) is 0 Å². The first-order valence-electron chi connectivity index (χ1n) is 9.16. The number of aromatic nitrogens is 1. The Labute approximate surface area is 173 Å². The number of carbonyl (C=O) groups excluding carboxylic acids is 2. The molecule has 3 aromatic carbocycles. The van der Waals surface area contributed by atoms with Gasteiger partial charge in [-0.1, -0.05) is 42.5 Å². The Bertz CT molecular complexity index is 1400. The van der Waals surface area contributed by atoms with Crippen LogP contribution in [0.25, 0.3) is 21.7 Å². The molecule has 0 saturated carbocycles. The van der Waals surface area contributed by atoms with Crippen LogP contribution in [0.15, 0.2) is 71.8 Å². The summed E-state index contributed by atoms with van der Waals surface area (Å²) in [4.78, 5) is 29.1. The molecule has 4 aromatic rings. The van der Waals surface area contributed by atoms with Crippen LogP contribution in [0.5, 0.6) is 0 Å². The number of H-pyrrole nitrogens is 1. The minimum Gasteiger partial charge on any atom is -0.360 e. The molecule has 7 nitrogen and oxygen atoms in total. The molecular formula is C22H19N3O4S. The third kappa shape index (κ3) is 3.31. The number of sulfonamides is 1. The highest BCUT2D eigenvalue weighted by atomic mass is 32.2. The zero-order valence-corrected chi connectivity index (χ0v) is 17.2. The van der Waals surface area contributed by atoms with Crippen molar-refractivity contribution in [2.45, 2.75) is 4.90 Å². The van der Waals surface area contributed by atoms with Gasteiger partial charge in [0.2, 0.25) is 0 Å². The number of aromatic amines is 1. The van der Waals surface area contributed by atoms with Crippen LogP contribution in [-0.2, 0) is 14.8 Å². The first kappa shape index (κ1) is 19.7. The van der Waals surface area contributed by atoms with Crippen LogP contribution >= 0.6 is 0 Å². The summed E-state index contributed by atoms with van der Waals surface area (Å²) in [7, 11) is -0.988. The Morgan fingerprint density at radius 2 is 1.63 bits per heavy atom. The minimum absolute atomic E-state index is 0.111. The number of nitrogens with one attached hydrogen (secondary N) is 2. The van der Waals surface area contributed by atoms with Crippen molar-refractivity contribution in [1.82, 2.24) is 9.88 Å². The molecule has 1 amide bonds. The van der Waals surface area contributed by atoms with Crippen LogP contribution in [0.2, 0.25) is 0 Å². The van der Waals surface area contributed by atoms with Gasteiger partial charge in [-0.25, -0.2) is 8.42 Å². The molecule has 30 heavy (non-hydrogen) atoms. The van der Waals surface area contributed by atoms with E-state index in [0.29, 0.717) is 16.3 Å². The highest BCUT2D eigenvalue weighted by Gasteiger charge is 2.25. The lowest BCUT2D eigenvalue weighted by molar-refractivity contribution is -0.124. The maximum absolute atomic E-state index is 13.2. The predicted molar refractivity (Wildman–Crippen MR) is 116 cm³/mol. The van der Waals surface area contributed by atoms with Crippen molar-refractivity contribution in [3.63, 3.8) is 0 Å². The lowest BCUT2D eigenvalue weighted by Gasteiger charge is -2.13. The maximum Gasteiger partial charge on any atom is 0.294 e. The maximum atomic E-state index is 13.2. The zero-order valence-electron chi connectivity index (χ0n) is 16.3. The summed E-state index contributed by atoms with van der Waals surface area (Å²) < 4.78 is 29.0. The number of Topliss-reactive ketones (excluding diaryl/α,β-unsaturated/α-hetero) is 1. The van der Waals surface area contributed by atoms with Crippen LogP contribution in [0.1, 0.15) is 10.4 Å². The fraction of sp³-hybridized carbons (Fsp3) is 0.0909. The largest absolute Gasteiger partial charge is 0.360 e. The second kappa shape index (κ2) is 7.31. The second-order valence-corrected chi connectivity index (χ2v) is 8.69. The number of hydrogen-bond acceptors (Lipinski definition) is 4. The smallest absolute Gasteiger partial charge is 0.294 e.